The van der Waals surface area contributed by atoms with Crippen LogP contribution in [-0.2, 0) is 4.79 Å². The molecule has 9 nitrogen and oxygen atoms in total. The van der Waals surface area contributed by atoms with E-state index in [1.165, 1.54) is 12.8 Å². The molecule has 2 amide bonds. The van der Waals surface area contributed by atoms with Crippen LogP contribution in [0.5, 0.6) is 5.75 Å². The number of aromatic nitrogens is 2. The predicted octanol–water partition coefficient (Wildman–Crippen LogP) is 3.73. The van der Waals surface area contributed by atoms with Crippen molar-refractivity contribution in [2.75, 3.05) is 42.9 Å². The number of carbonyl (C=O) groups is 2. The average Bonchev–Trinajstić information content (AvgIpc) is 3.37. The van der Waals surface area contributed by atoms with Crippen LogP contribution in [0.3, 0.4) is 0 Å². The maximum atomic E-state index is 13.2. The van der Waals surface area contributed by atoms with Crippen LogP contribution < -0.4 is 25.2 Å². The lowest BCUT2D eigenvalue weighted by molar-refractivity contribution is -0.121. The van der Waals surface area contributed by atoms with Crippen molar-refractivity contribution in [2.24, 2.45) is 5.92 Å². The molecule has 1 aromatic carbocycles. The maximum Gasteiger partial charge on any atom is 0.251 e. The minimum absolute atomic E-state index is 0.0569. The second-order valence-electron chi connectivity index (χ2n) is 9.00. The summed E-state index contributed by atoms with van der Waals surface area (Å²) in [4.78, 5) is 38.7. The number of nitrogens with one attached hydrogen (secondary N) is 2. The highest BCUT2D eigenvalue weighted by molar-refractivity contribution is 5.99. The first-order valence-corrected chi connectivity index (χ1v) is 12.0. The molecule has 2 aromatic rings. The van der Waals surface area contributed by atoms with Crippen LogP contribution in [0.2, 0.25) is 0 Å². The third-order valence-corrected chi connectivity index (χ3v) is 6.82. The molecule has 2 N–H and O–H groups in total. The fourth-order valence-corrected chi connectivity index (χ4v) is 4.97. The zero-order valence-electron chi connectivity index (χ0n) is 20.4. The number of rotatable bonds is 7. The van der Waals surface area contributed by atoms with Crippen LogP contribution in [0.1, 0.15) is 55.8 Å². The molecule has 4 rings (SSSR count). The first kappa shape index (κ1) is 23.8. The Morgan fingerprint density at radius 1 is 1.26 bits per heavy atom. The van der Waals surface area contributed by atoms with Crippen LogP contribution in [0.15, 0.2) is 24.4 Å². The van der Waals surface area contributed by atoms with E-state index in [1.807, 2.05) is 7.05 Å². The molecular formula is C25H34N6O3. The van der Waals surface area contributed by atoms with E-state index in [0.717, 1.165) is 37.2 Å². The number of fused-ring (bicyclic) bond motifs is 1. The number of hydrogen-bond acceptors (Lipinski definition) is 7. The number of carbonyl (C=O) groups excluding carboxylic acids is 2. The van der Waals surface area contributed by atoms with Gasteiger partial charge in [0.1, 0.15) is 11.4 Å². The topological polar surface area (TPSA) is 99.7 Å². The molecule has 9 heteroatoms. The van der Waals surface area contributed by atoms with Gasteiger partial charge in [-0.05, 0) is 37.5 Å². The van der Waals surface area contributed by atoms with Gasteiger partial charge in [-0.15, -0.1) is 0 Å². The summed E-state index contributed by atoms with van der Waals surface area (Å²) in [5, 5.41) is 5.86. The van der Waals surface area contributed by atoms with E-state index in [2.05, 4.69) is 27.4 Å². The van der Waals surface area contributed by atoms with Crippen LogP contribution in [-0.4, -0.2) is 55.6 Å². The summed E-state index contributed by atoms with van der Waals surface area (Å²) in [6.45, 7) is 2.80. The molecule has 182 valence electrons. The summed E-state index contributed by atoms with van der Waals surface area (Å²) in [5.41, 5.74) is 1.90. The smallest absolute Gasteiger partial charge is 0.251 e. The lowest BCUT2D eigenvalue weighted by Gasteiger charge is -2.31. The third kappa shape index (κ3) is 4.64. The molecule has 1 atom stereocenters. The van der Waals surface area contributed by atoms with Crippen LogP contribution in [0.25, 0.3) is 0 Å². The van der Waals surface area contributed by atoms with E-state index in [-0.39, 0.29) is 17.7 Å². The highest BCUT2D eigenvalue weighted by atomic mass is 16.5. The largest absolute Gasteiger partial charge is 0.495 e. The van der Waals surface area contributed by atoms with Crippen molar-refractivity contribution in [1.29, 1.82) is 0 Å². The Morgan fingerprint density at radius 2 is 2.03 bits per heavy atom. The second-order valence-corrected chi connectivity index (χ2v) is 9.00. The van der Waals surface area contributed by atoms with Crippen molar-refractivity contribution in [2.45, 2.75) is 51.5 Å². The van der Waals surface area contributed by atoms with Gasteiger partial charge in [0.15, 0.2) is 5.82 Å². The summed E-state index contributed by atoms with van der Waals surface area (Å²) in [7, 11) is 4.97. The van der Waals surface area contributed by atoms with E-state index < -0.39 is 0 Å². The molecular weight excluding hydrogens is 432 g/mol. The first-order chi connectivity index (χ1) is 16.5. The monoisotopic (exact) mass is 466 g/mol. The number of anilines is 4. The van der Waals surface area contributed by atoms with Gasteiger partial charge in [0.25, 0.3) is 5.91 Å². The van der Waals surface area contributed by atoms with Crippen molar-refractivity contribution >= 4 is 35.0 Å². The van der Waals surface area contributed by atoms with Crippen molar-refractivity contribution in [3.63, 3.8) is 0 Å². The molecule has 0 unspecified atom stereocenters. The lowest BCUT2D eigenvalue weighted by Crippen LogP contribution is -2.40. The SMILES string of the molecule is CCC[C@H]1CN(C2CCCC2)c2nc(Nc3ccc(C(=O)NC)cc3OC)ncc2N(C)C1=O. The van der Waals surface area contributed by atoms with E-state index in [9.17, 15) is 9.59 Å². The lowest BCUT2D eigenvalue weighted by atomic mass is 10.0. The van der Waals surface area contributed by atoms with Crippen molar-refractivity contribution in [3.05, 3.63) is 30.0 Å². The summed E-state index contributed by atoms with van der Waals surface area (Å²) in [5.74, 6) is 1.61. The van der Waals surface area contributed by atoms with Crippen LogP contribution in [0.4, 0.5) is 23.1 Å². The van der Waals surface area contributed by atoms with Gasteiger partial charge < -0.3 is 25.2 Å². The second kappa shape index (κ2) is 10.3. The number of benzene rings is 1. The highest BCUT2D eigenvalue weighted by Crippen LogP contribution is 2.38. The molecule has 1 aromatic heterocycles. The fraction of sp³-hybridized carbons (Fsp3) is 0.520. The summed E-state index contributed by atoms with van der Waals surface area (Å²) in [6.07, 6.45) is 8.16. The molecule has 34 heavy (non-hydrogen) atoms. The quantitative estimate of drug-likeness (QED) is 0.641. The van der Waals surface area contributed by atoms with Gasteiger partial charge in [-0.25, -0.2) is 4.98 Å². The van der Waals surface area contributed by atoms with E-state index in [0.29, 0.717) is 35.5 Å². The van der Waals surface area contributed by atoms with Gasteiger partial charge in [-0.1, -0.05) is 26.2 Å². The molecule has 0 bridgehead atoms. The van der Waals surface area contributed by atoms with Gasteiger partial charge >= 0.3 is 0 Å². The molecule has 2 aliphatic rings. The first-order valence-electron chi connectivity index (χ1n) is 12.0. The highest BCUT2D eigenvalue weighted by Gasteiger charge is 2.36. The van der Waals surface area contributed by atoms with Crippen molar-refractivity contribution in [1.82, 2.24) is 15.3 Å². The third-order valence-electron chi connectivity index (χ3n) is 6.82. The number of amides is 2. The Kier molecular flexibility index (Phi) is 7.19. The zero-order valence-corrected chi connectivity index (χ0v) is 20.4. The van der Waals surface area contributed by atoms with Crippen molar-refractivity contribution < 1.29 is 14.3 Å². The molecule has 1 aliphatic heterocycles. The molecule has 2 heterocycles. The summed E-state index contributed by atoms with van der Waals surface area (Å²) in [6, 6.07) is 5.55. The molecule has 0 radical (unpaired) electrons. The Labute approximate surface area is 200 Å². The molecule has 1 saturated carbocycles. The molecule has 1 fully saturated rings. The number of ether oxygens (including phenoxy) is 1. The molecule has 0 spiro atoms. The Hall–Kier alpha value is -3.36. The van der Waals surface area contributed by atoms with Gasteiger partial charge in [-0.2, -0.15) is 4.98 Å². The normalized spacial score (nSPS) is 18.5. The minimum Gasteiger partial charge on any atom is -0.495 e. The Balaban J connectivity index is 1.70. The van der Waals surface area contributed by atoms with Crippen LogP contribution in [0, 0.1) is 5.92 Å². The summed E-state index contributed by atoms with van der Waals surface area (Å²) >= 11 is 0. The maximum absolute atomic E-state index is 13.2. The summed E-state index contributed by atoms with van der Waals surface area (Å²) < 4.78 is 5.50. The zero-order chi connectivity index (χ0) is 24.2. The number of nitrogens with zero attached hydrogens (tertiary/aromatic N) is 4. The fourth-order valence-electron chi connectivity index (χ4n) is 4.97. The predicted molar refractivity (Wildman–Crippen MR) is 133 cm³/mol. The number of hydrogen-bond donors (Lipinski definition) is 2. The Bertz CT molecular complexity index is 1050. The minimum atomic E-state index is -0.187. The standard InChI is InChI=1S/C25H34N6O3/c1-5-8-17-15-31(18-9-6-7-10-18)22-20(30(3)24(17)33)14-27-25(29-22)28-19-12-11-16(23(32)26-2)13-21(19)34-4/h11-14,17-18H,5-10,15H2,1-4H3,(H,26,32)(H,27,28,29)/t17-/m0/s1. The van der Waals surface area contributed by atoms with Crippen molar-refractivity contribution in [3.8, 4) is 5.75 Å². The van der Waals surface area contributed by atoms with Gasteiger partial charge in [0, 0.05) is 32.2 Å². The molecule has 1 aliphatic carbocycles. The van der Waals surface area contributed by atoms with E-state index >= 15 is 0 Å². The van der Waals surface area contributed by atoms with E-state index in [1.54, 1.807) is 43.5 Å². The van der Waals surface area contributed by atoms with Gasteiger partial charge in [0.05, 0.1) is 24.9 Å². The molecule has 0 saturated heterocycles. The average molecular weight is 467 g/mol. The number of methoxy groups -OCH3 is 1. The van der Waals surface area contributed by atoms with Gasteiger partial charge in [0.2, 0.25) is 11.9 Å². The van der Waals surface area contributed by atoms with Crippen LogP contribution >= 0.6 is 0 Å². The van der Waals surface area contributed by atoms with Gasteiger partial charge in [-0.3, -0.25) is 9.59 Å². The Morgan fingerprint density at radius 3 is 2.71 bits per heavy atom. The van der Waals surface area contributed by atoms with E-state index in [4.69, 9.17) is 9.72 Å².